The van der Waals surface area contributed by atoms with Gasteiger partial charge in [0, 0.05) is 0 Å². The van der Waals surface area contributed by atoms with Crippen molar-refractivity contribution >= 4 is 0 Å². The van der Waals surface area contributed by atoms with Gasteiger partial charge in [-0.3, -0.25) is 18.9 Å². The first kappa shape index (κ1) is 27.1. The van der Waals surface area contributed by atoms with E-state index in [-0.39, 0.29) is 12.6 Å². The van der Waals surface area contributed by atoms with Gasteiger partial charge in [-0.15, -0.1) is 0 Å². The van der Waals surface area contributed by atoms with Crippen molar-refractivity contribution in [3.05, 3.63) is 0 Å². The quantitative estimate of drug-likeness (QED) is 0.157. The van der Waals surface area contributed by atoms with Crippen LogP contribution in [-0.4, -0.2) is 18.7 Å². The van der Waals surface area contributed by atoms with E-state index in [2.05, 4.69) is 13.8 Å². The molecule has 0 atom stereocenters. The van der Waals surface area contributed by atoms with Crippen molar-refractivity contribution in [3.8, 4) is 0 Å². The summed E-state index contributed by atoms with van der Waals surface area (Å²) in [4.78, 5) is 0. The molecule has 4 heteroatoms. The van der Waals surface area contributed by atoms with Gasteiger partial charge >= 0.3 is 6.16 Å². The second kappa shape index (κ2) is 17.3. The van der Waals surface area contributed by atoms with Crippen LogP contribution in [0, 0.1) is 0 Å². The summed E-state index contributed by atoms with van der Waals surface area (Å²) in [6.07, 6.45) is 27.5. The van der Waals surface area contributed by atoms with Gasteiger partial charge in [0.05, 0.1) is 0 Å². The molecule has 0 amide bonds. The molecule has 2 aliphatic heterocycles. The van der Waals surface area contributed by atoms with Crippen LogP contribution in [-0.2, 0) is 18.9 Å². The molecule has 0 unspecified atom stereocenters. The van der Waals surface area contributed by atoms with E-state index in [1.54, 1.807) is 0 Å². The van der Waals surface area contributed by atoms with Gasteiger partial charge in [0.25, 0.3) is 0 Å². The van der Waals surface area contributed by atoms with E-state index in [0.717, 1.165) is 12.8 Å². The first-order valence-electron chi connectivity index (χ1n) is 14.0. The minimum absolute atomic E-state index is 0.132. The summed E-state index contributed by atoms with van der Waals surface area (Å²) in [5.74, 6) is 0. The normalized spacial score (nSPS) is 25.0. The summed E-state index contributed by atoms with van der Waals surface area (Å²) < 4.78 is 22.8. The molecular weight excluding hydrogens is 388 g/mol. The van der Waals surface area contributed by atoms with Crippen molar-refractivity contribution in [1.82, 2.24) is 0 Å². The minimum Gasteiger partial charge on any atom is -0.273 e. The van der Waals surface area contributed by atoms with Crippen LogP contribution in [0.3, 0.4) is 0 Å². The van der Waals surface area contributed by atoms with Crippen molar-refractivity contribution < 1.29 is 18.9 Å². The molecule has 2 rings (SSSR count). The average molecular weight is 441 g/mol. The molecule has 0 bridgehead atoms. The zero-order valence-electron chi connectivity index (χ0n) is 20.8. The lowest BCUT2D eigenvalue weighted by Gasteiger charge is -2.53. The van der Waals surface area contributed by atoms with E-state index < -0.39 is 6.16 Å². The van der Waals surface area contributed by atoms with Gasteiger partial charge in [0.1, 0.15) is 0 Å². The zero-order chi connectivity index (χ0) is 22.0. The van der Waals surface area contributed by atoms with Crippen molar-refractivity contribution in [2.45, 2.75) is 174 Å². The molecule has 0 radical (unpaired) electrons. The predicted molar refractivity (Wildman–Crippen MR) is 128 cm³/mol. The molecule has 4 nitrogen and oxygen atoms in total. The van der Waals surface area contributed by atoms with Crippen molar-refractivity contribution in [2.24, 2.45) is 0 Å². The highest BCUT2D eigenvalue weighted by molar-refractivity contribution is 4.69. The monoisotopic (exact) mass is 440 g/mol. The summed E-state index contributed by atoms with van der Waals surface area (Å²) in [5.41, 5.74) is 0. The number of rotatable bonds is 22. The topological polar surface area (TPSA) is 36.9 Å². The van der Waals surface area contributed by atoms with Crippen LogP contribution in [0.2, 0.25) is 0 Å². The first-order valence-corrected chi connectivity index (χ1v) is 14.0. The fraction of sp³-hybridized carbons (Fsp3) is 1.00. The van der Waals surface area contributed by atoms with E-state index in [0.29, 0.717) is 0 Å². The van der Waals surface area contributed by atoms with Gasteiger partial charge in [-0.2, -0.15) is 0 Å². The maximum absolute atomic E-state index is 5.71. The predicted octanol–water partition coefficient (Wildman–Crippen LogP) is 8.97. The Balaban J connectivity index is 1.28. The fourth-order valence-electron chi connectivity index (χ4n) is 4.61. The van der Waals surface area contributed by atoms with Crippen molar-refractivity contribution in [1.29, 1.82) is 0 Å². The van der Waals surface area contributed by atoms with Gasteiger partial charge in [0.15, 0.2) is 12.6 Å². The fourth-order valence-corrected chi connectivity index (χ4v) is 4.61. The van der Waals surface area contributed by atoms with Gasteiger partial charge in [0.2, 0.25) is 0 Å². The van der Waals surface area contributed by atoms with Crippen LogP contribution in [0.5, 0.6) is 0 Å². The largest absolute Gasteiger partial charge is 0.421 e. The number of hydrogen-bond donors (Lipinski definition) is 0. The van der Waals surface area contributed by atoms with Crippen LogP contribution in [0.1, 0.15) is 155 Å². The Morgan fingerprint density at radius 1 is 0.387 bits per heavy atom. The smallest absolute Gasteiger partial charge is 0.273 e. The molecule has 0 aromatic rings. The summed E-state index contributed by atoms with van der Waals surface area (Å²) >= 11 is 0. The molecule has 2 heterocycles. The SMILES string of the molecule is CCCCCCCCCCCCC1OC2(O1)OC(CCCCCCCCCCCC)O2. The first-order chi connectivity index (χ1) is 15.3. The summed E-state index contributed by atoms with van der Waals surface area (Å²) in [6.45, 7) is 4.55. The van der Waals surface area contributed by atoms with Crippen LogP contribution in [0.25, 0.3) is 0 Å². The zero-order valence-corrected chi connectivity index (χ0v) is 20.8. The highest BCUT2D eigenvalue weighted by Crippen LogP contribution is 2.44. The van der Waals surface area contributed by atoms with E-state index in [4.69, 9.17) is 18.9 Å². The highest BCUT2D eigenvalue weighted by atomic mass is 17.2. The Labute approximate surface area is 193 Å². The summed E-state index contributed by atoms with van der Waals surface area (Å²) in [7, 11) is 0. The van der Waals surface area contributed by atoms with Gasteiger partial charge < -0.3 is 0 Å². The number of unbranched alkanes of at least 4 members (excludes halogenated alkanes) is 18. The van der Waals surface area contributed by atoms with Crippen LogP contribution in [0.4, 0.5) is 0 Å². The molecule has 2 fully saturated rings. The van der Waals surface area contributed by atoms with Gasteiger partial charge in [-0.25, -0.2) is 0 Å². The lowest BCUT2D eigenvalue weighted by Crippen LogP contribution is -2.67. The van der Waals surface area contributed by atoms with Gasteiger partial charge in [-0.05, 0) is 25.7 Å². The molecule has 2 aliphatic rings. The number of hydrogen-bond acceptors (Lipinski definition) is 4. The third-order valence-electron chi connectivity index (χ3n) is 6.69. The van der Waals surface area contributed by atoms with Crippen LogP contribution < -0.4 is 0 Å². The second-order valence-corrected chi connectivity index (χ2v) is 9.77. The standard InChI is InChI=1S/C27H52O4/c1-3-5-7-9-11-13-15-17-19-21-23-25-28-27(29-25)30-26(31-27)24-22-20-18-16-14-12-10-8-6-4-2/h25-26H,3-24H2,1-2H3. The maximum Gasteiger partial charge on any atom is 0.421 e. The molecule has 0 aliphatic carbocycles. The van der Waals surface area contributed by atoms with E-state index >= 15 is 0 Å². The maximum atomic E-state index is 5.71. The molecule has 0 aromatic carbocycles. The average Bonchev–Trinajstić information content (AvgIpc) is 2.72. The van der Waals surface area contributed by atoms with Gasteiger partial charge in [-0.1, -0.05) is 129 Å². The molecule has 2 saturated heterocycles. The Hall–Kier alpha value is -0.160. The Morgan fingerprint density at radius 2 is 0.645 bits per heavy atom. The molecule has 184 valence electrons. The Kier molecular flexibility index (Phi) is 15.1. The summed E-state index contributed by atoms with van der Waals surface area (Å²) in [6, 6.07) is 0. The highest BCUT2D eigenvalue weighted by Gasteiger charge is 2.60. The van der Waals surface area contributed by atoms with Crippen molar-refractivity contribution in [3.63, 3.8) is 0 Å². The molecule has 31 heavy (non-hydrogen) atoms. The lowest BCUT2D eigenvalue weighted by atomic mass is 10.1. The number of ether oxygens (including phenoxy) is 4. The third-order valence-corrected chi connectivity index (χ3v) is 6.69. The van der Waals surface area contributed by atoms with E-state index in [1.807, 2.05) is 0 Å². The van der Waals surface area contributed by atoms with Crippen molar-refractivity contribution in [2.75, 3.05) is 0 Å². The van der Waals surface area contributed by atoms with E-state index in [9.17, 15) is 0 Å². The van der Waals surface area contributed by atoms with Crippen LogP contribution >= 0.6 is 0 Å². The summed E-state index contributed by atoms with van der Waals surface area (Å²) in [5, 5.41) is 0. The van der Waals surface area contributed by atoms with Crippen LogP contribution in [0.15, 0.2) is 0 Å². The molecule has 1 spiro atoms. The Morgan fingerprint density at radius 3 is 0.935 bits per heavy atom. The van der Waals surface area contributed by atoms with E-state index in [1.165, 1.54) is 128 Å². The second-order valence-electron chi connectivity index (χ2n) is 9.77. The lowest BCUT2D eigenvalue weighted by molar-refractivity contribution is -0.717. The molecule has 0 saturated carbocycles. The minimum atomic E-state index is -1.13. The third kappa shape index (κ3) is 12.0. The Bertz CT molecular complexity index is 361. The molecule has 0 N–H and O–H groups in total. The molecular formula is C27H52O4. The molecule has 0 aromatic heterocycles.